The van der Waals surface area contributed by atoms with Crippen LogP contribution in [0.15, 0.2) is 54.6 Å². The highest BCUT2D eigenvalue weighted by Gasteiger charge is 2.20. The summed E-state index contributed by atoms with van der Waals surface area (Å²) in [4.78, 5) is 15.7. The summed E-state index contributed by atoms with van der Waals surface area (Å²) in [5.41, 5.74) is 4.18. The third-order valence-electron chi connectivity index (χ3n) is 4.76. The van der Waals surface area contributed by atoms with Crippen LogP contribution in [0.25, 0.3) is 6.08 Å². The molecule has 0 aromatic heterocycles. The first-order valence-corrected chi connectivity index (χ1v) is 9.28. The van der Waals surface area contributed by atoms with Crippen LogP contribution in [0.5, 0.6) is 5.75 Å². The highest BCUT2D eigenvalue weighted by Crippen LogP contribution is 2.25. The smallest absolute Gasteiger partial charge is 0.387 e. The number of carbonyl (C=O) groups excluding carboxylic acids is 1. The van der Waals surface area contributed by atoms with Crippen LogP contribution >= 0.6 is 0 Å². The summed E-state index contributed by atoms with van der Waals surface area (Å²) >= 11 is 0. The number of para-hydroxylation sites is 2. The van der Waals surface area contributed by atoms with Crippen molar-refractivity contribution in [1.29, 1.82) is 0 Å². The minimum absolute atomic E-state index is 0.211. The summed E-state index contributed by atoms with van der Waals surface area (Å²) in [6.45, 7) is 0.736. The molecule has 1 saturated heterocycles. The van der Waals surface area contributed by atoms with E-state index in [4.69, 9.17) is 5.21 Å². The molecule has 2 aromatic carbocycles. The molecule has 2 N–H and O–H groups in total. The number of rotatable bonds is 7. The lowest BCUT2D eigenvalue weighted by Gasteiger charge is -2.37. The standard InChI is InChI=1S/C21H23F2N3O3/c22-21(23)29-19-8-4-2-6-17(19)15-25-11-13-26(14-12-25)18-7-3-1-5-16(18)9-10-20(27)24-28/h1-10,21,28H,11-15H2,(H,24,27). The normalized spacial score (nSPS) is 15.1. The zero-order valence-electron chi connectivity index (χ0n) is 15.8. The van der Waals surface area contributed by atoms with Gasteiger partial charge in [-0.1, -0.05) is 36.4 Å². The first kappa shape index (κ1) is 20.8. The number of hydrogen-bond acceptors (Lipinski definition) is 5. The van der Waals surface area contributed by atoms with Crippen LogP contribution in [0.1, 0.15) is 11.1 Å². The Morgan fingerprint density at radius 2 is 1.79 bits per heavy atom. The Balaban J connectivity index is 1.63. The van der Waals surface area contributed by atoms with E-state index in [2.05, 4.69) is 14.5 Å². The molecule has 1 fully saturated rings. The SMILES string of the molecule is O=C(C=Cc1ccccc1N1CCN(Cc2ccccc2OC(F)F)CC1)NO. The molecule has 29 heavy (non-hydrogen) atoms. The predicted molar refractivity (Wildman–Crippen MR) is 106 cm³/mol. The van der Waals surface area contributed by atoms with Gasteiger partial charge >= 0.3 is 6.61 Å². The number of benzene rings is 2. The Morgan fingerprint density at radius 3 is 2.52 bits per heavy atom. The fourth-order valence-corrected chi connectivity index (χ4v) is 3.35. The maximum absolute atomic E-state index is 12.6. The van der Waals surface area contributed by atoms with Crippen molar-refractivity contribution in [3.63, 3.8) is 0 Å². The highest BCUT2D eigenvalue weighted by atomic mass is 19.3. The molecule has 0 saturated carbocycles. The third-order valence-corrected chi connectivity index (χ3v) is 4.76. The van der Waals surface area contributed by atoms with Crippen molar-refractivity contribution >= 4 is 17.7 Å². The Kier molecular flexibility index (Phi) is 7.15. The van der Waals surface area contributed by atoms with Gasteiger partial charge in [-0.25, -0.2) is 5.48 Å². The van der Waals surface area contributed by atoms with Crippen LogP contribution in [0.3, 0.4) is 0 Å². The molecule has 3 rings (SSSR count). The lowest BCUT2D eigenvalue weighted by molar-refractivity contribution is -0.124. The summed E-state index contributed by atoms with van der Waals surface area (Å²) in [6.07, 6.45) is 2.93. The van der Waals surface area contributed by atoms with Crippen molar-refractivity contribution in [3.8, 4) is 5.75 Å². The van der Waals surface area contributed by atoms with Crippen molar-refractivity contribution < 1.29 is 23.5 Å². The molecule has 154 valence electrons. The van der Waals surface area contributed by atoms with Crippen LogP contribution in [0.4, 0.5) is 14.5 Å². The molecule has 1 aliphatic heterocycles. The summed E-state index contributed by atoms with van der Waals surface area (Å²) in [5, 5.41) is 8.63. The van der Waals surface area contributed by atoms with Crippen molar-refractivity contribution in [2.24, 2.45) is 0 Å². The number of alkyl halides is 2. The average molecular weight is 403 g/mol. The number of hydroxylamine groups is 1. The van der Waals surface area contributed by atoms with Crippen molar-refractivity contribution in [3.05, 3.63) is 65.7 Å². The van der Waals surface area contributed by atoms with E-state index >= 15 is 0 Å². The van der Waals surface area contributed by atoms with E-state index in [1.54, 1.807) is 29.8 Å². The quantitative estimate of drug-likeness (QED) is 0.423. The number of anilines is 1. The number of hydrogen-bond donors (Lipinski definition) is 2. The number of nitrogens with zero attached hydrogens (tertiary/aromatic N) is 2. The maximum atomic E-state index is 12.6. The zero-order chi connectivity index (χ0) is 20.6. The Bertz CT molecular complexity index is 853. The minimum atomic E-state index is -2.84. The van der Waals surface area contributed by atoms with Gasteiger partial charge in [0.25, 0.3) is 5.91 Å². The molecule has 0 aliphatic carbocycles. The fourth-order valence-electron chi connectivity index (χ4n) is 3.35. The lowest BCUT2D eigenvalue weighted by atomic mass is 10.1. The Morgan fingerprint density at radius 1 is 1.10 bits per heavy atom. The van der Waals surface area contributed by atoms with Gasteiger partial charge < -0.3 is 9.64 Å². The van der Waals surface area contributed by atoms with E-state index in [1.165, 1.54) is 6.08 Å². The van der Waals surface area contributed by atoms with E-state index in [0.29, 0.717) is 6.54 Å². The largest absolute Gasteiger partial charge is 0.434 e. The second kappa shape index (κ2) is 9.99. The first-order chi connectivity index (χ1) is 14.1. The number of halogens is 2. The molecular weight excluding hydrogens is 380 g/mol. The summed E-state index contributed by atoms with van der Waals surface area (Å²) in [7, 11) is 0. The molecule has 0 bridgehead atoms. The van der Waals surface area contributed by atoms with Gasteiger partial charge in [-0.05, 0) is 23.8 Å². The van der Waals surface area contributed by atoms with Crippen molar-refractivity contribution in [2.45, 2.75) is 13.2 Å². The maximum Gasteiger partial charge on any atom is 0.387 e. The molecule has 1 aliphatic rings. The van der Waals surface area contributed by atoms with Gasteiger partial charge in [0.1, 0.15) is 5.75 Å². The number of amides is 1. The molecular formula is C21H23F2N3O3. The minimum Gasteiger partial charge on any atom is -0.434 e. The second-order valence-electron chi connectivity index (χ2n) is 6.62. The molecule has 1 amide bonds. The number of piperazine rings is 1. The van der Waals surface area contributed by atoms with Gasteiger partial charge in [-0.15, -0.1) is 0 Å². The monoisotopic (exact) mass is 403 g/mol. The summed E-state index contributed by atoms with van der Waals surface area (Å²) < 4.78 is 29.8. The average Bonchev–Trinajstić information content (AvgIpc) is 2.74. The van der Waals surface area contributed by atoms with E-state index in [1.807, 2.05) is 30.3 Å². The van der Waals surface area contributed by atoms with E-state index < -0.39 is 12.5 Å². The zero-order valence-corrected chi connectivity index (χ0v) is 15.8. The lowest BCUT2D eigenvalue weighted by Crippen LogP contribution is -2.46. The molecule has 0 spiro atoms. The Labute approximate surface area is 168 Å². The molecule has 0 radical (unpaired) electrons. The van der Waals surface area contributed by atoms with Gasteiger partial charge in [0.2, 0.25) is 0 Å². The molecule has 0 unspecified atom stereocenters. The van der Waals surface area contributed by atoms with Crippen LogP contribution < -0.4 is 15.1 Å². The van der Waals surface area contributed by atoms with E-state index in [0.717, 1.165) is 43.0 Å². The number of carbonyl (C=O) groups is 1. The van der Waals surface area contributed by atoms with E-state index in [9.17, 15) is 13.6 Å². The topological polar surface area (TPSA) is 65.0 Å². The molecule has 1 heterocycles. The summed E-state index contributed by atoms with van der Waals surface area (Å²) in [5.74, 6) is -0.378. The predicted octanol–water partition coefficient (Wildman–Crippen LogP) is 3.13. The summed E-state index contributed by atoms with van der Waals surface area (Å²) in [6, 6.07) is 14.6. The van der Waals surface area contributed by atoms with Gasteiger partial charge in [0, 0.05) is 50.1 Å². The van der Waals surface area contributed by atoms with Gasteiger partial charge in [-0.3, -0.25) is 14.9 Å². The van der Waals surface area contributed by atoms with Crippen LogP contribution in [-0.2, 0) is 11.3 Å². The highest BCUT2D eigenvalue weighted by molar-refractivity contribution is 5.91. The first-order valence-electron chi connectivity index (χ1n) is 9.28. The van der Waals surface area contributed by atoms with Gasteiger partial charge in [-0.2, -0.15) is 8.78 Å². The fraction of sp³-hybridized carbons (Fsp3) is 0.286. The van der Waals surface area contributed by atoms with Gasteiger partial charge in [0.05, 0.1) is 0 Å². The van der Waals surface area contributed by atoms with Gasteiger partial charge in [0.15, 0.2) is 0 Å². The van der Waals surface area contributed by atoms with E-state index in [-0.39, 0.29) is 5.75 Å². The number of ether oxygens (including phenoxy) is 1. The Hall–Kier alpha value is -2.97. The van der Waals surface area contributed by atoms with Crippen LogP contribution in [0, 0.1) is 0 Å². The molecule has 0 atom stereocenters. The van der Waals surface area contributed by atoms with Crippen LogP contribution in [-0.4, -0.2) is 48.8 Å². The van der Waals surface area contributed by atoms with Crippen molar-refractivity contribution in [1.82, 2.24) is 10.4 Å². The van der Waals surface area contributed by atoms with Crippen LogP contribution in [0.2, 0.25) is 0 Å². The molecule has 6 nitrogen and oxygen atoms in total. The molecule has 8 heteroatoms. The third kappa shape index (κ3) is 5.75. The second-order valence-corrected chi connectivity index (χ2v) is 6.62. The molecule has 2 aromatic rings. The number of nitrogens with one attached hydrogen (secondary N) is 1. The van der Waals surface area contributed by atoms with Crippen molar-refractivity contribution in [2.75, 3.05) is 31.1 Å².